The van der Waals surface area contributed by atoms with Crippen molar-refractivity contribution in [1.82, 2.24) is 0 Å². The second-order valence-corrected chi connectivity index (χ2v) is 1.51. The lowest BCUT2D eigenvalue weighted by atomic mass is 10.4. The van der Waals surface area contributed by atoms with Crippen LogP contribution in [0.5, 0.6) is 0 Å². The summed E-state index contributed by atoms with van der Waals surface area (Å²) in [7, 11) is 0. The average molecular weight is 132 g/mol. The van der Waals surface area contributed by atoms with Crippen molar-refractivity contribution in [3.63, 3.8) is 0 Å². The summed E-state index contributed by atoms with van der Waals surface area (Å²) >= 11 is 0. The van der Waals surface area contributed by atoms with E-state index in [1.54, 1.807) is 6.92 Å². The van der Waals surface area contributed by atoms with E-state index in [1.807, 2.05) is 0 Å². The molecule has 0 bridgehead atoms. The molecule has 0 radical (unpaired) electrons. The first-order valence-corrected chi connectivity index (χ1v) is 2.66. The third kappa shape index (κ3) is 2.85. The Labute approximate surface area is 53.3 Å². The van der Waals surface area contributed by atoms with E-state index < -0.39 is 5.97 Å². The van der Waals surface area contributed by atoms with E-state index in [0.717, 1.165) is 0 Å². The van der Waals surface area contributed by atoms with Crippen LogP contribution in [0.4, 0.5) is 4.39 Å². The summed E-state index contributed by atoms with van der Waals surface area (Å²) in [5.41, 5.74) is -0.00292. The third-order valence-corrected chi connectivity index (χ3v) is 0.761. The topological polar surface area (TPSA) is 26.3 Å². The van der Waals surface area contributed by atoms with Gasteiger partial charge in [-0.3, -0.25) is 0 Å². The van der Waals surface area contributed by atoms with E-state index in [9.17, 15) is 9.18 Å². The summed E-state index contributed by atoms with van der Waals surface area (Å²) in [6.45, 7) is 3.31. The van der Waals surface area contributed by atoms with Crippen molar-refractivity contribution in [3.8, 4) is 0 Å². The normalized spacial score (nSPS) is 11.2. The maximum Gasteiger partial charge on any atom is 0.336 e. The summed E-state index contributed by atoms with van der Waals surface area (Å²) in [6.07, 6.45) is 0.234. The van der Waals surface area contributed by atoms with Gasteiger partial charge in [0.15, 0.2) is 0 Å². The minimum absolute atomic E-state index is 0.00292. The molecule has 2 nitrogen and oxygen atoms in total. The fourth-order valence-electron chi connectivity index (χ4n) is 0.289. The number of rotatable bonds is 2. The Kier molecular flexibility index (Phi) is 3.67. The second-order valence-electron chi connectivity index (χ2n) is 1.51. The first-order valence-electron chi connectivity index (χ1n) is 2.66. The summed E-state index contributed by atoms with van der Waals surface area (Å²) < 4.78 is 15.9. The molecule has 0 N–H and O–H groups in total. The number of hydrogen-bond donors (Lipinski definition) is 0. The molecule has 0 saturated carbocycles. The van der Waals surface area contributed by atoms with Gasteiger partial charge >= 0.3 is 5.97 Å². The minimum atomic E-state index is -0.597. The lowest BCUT2D eigenvalue weighted by Crippen LogP contribution is -2.04. The average Bonchev–Trinajstić information content (AvgIpc) is 1.87. The van der Waals surface area contributed by atoms with Crippen LogP contribution < -0.4 is 0 Å². The van der Waals surface area contributed by atoms with E-state index in [0.29, 0.717) is 0 Å². The van der Waals surface area contributed by atoms with Gasteiger partial charge in [-0.15, -0.1) is 0 Å². The van der Waals surface area contributed by atoms with Crippen LogP contribution in [0.2, 0.25) is 0 Å². The van der Waals surface area contributed by atoms with Crippen molar-refractivity contribution in [2.24, 2.45) is 0 Å². The largest absolute Gasteiger partial charge is 0.463 e. The molecule has 9 heavy (non-hydrogen) atoms. The Morgan fingerprint density at radius 1 is 1.78 bits per heavy atom. The molecule has 0 spiro atoms. The van der Waals surface area contributed by atoms with Crippen molar-refractivity contribution < 1.29 is 13.9 Å². The van der Waals surface area contributed by atoms with Crippen LogP contribution in [0, 0.1) is 0 Å². The van der Waals surface area contributed by atoms with E-state index >= 15 is 0 Å². The van der Waals surface area contributed by atoms with Gasteiger partial charge in [0, 0.05) is 0 Å². The van der Waals surface area contributed by atoms with Crippen LogP contribution in [-0.2, 0) is 9.53 Å². The maximum atomic E-state index is 11.5. The molecular weight excluding hydrogens is 123 g/mol. The van der Waals surface area contributed by atoms with Crippen molar-refractivity contribution in [2.45, 2.75) is 13.8 Å². The van der Waals surface area contributed by atoms with Gasteiger partial charge in [0.1, 0.15) is 0 Å². The van der Waals surface area contributed by atoms with Crippen LogP contribution in [0.1, 0.15) is 13.8 Å². The number of ether oxygens (including phenoxy) is 1. The Bertz CT molecular complexity index is 129. The second kappa shape index (κ2) is 4.06. The monoisotopic (exact) mass is 132 g/mol. The summed E-state index contributed by atoms with van der Waals surface area (Å²) in [6, 6.07) is 0. The predicted molar refractivity (Wildman–Crippen MR) is 31.5 cm³/mol. The zero-order valence-electron chi connectivity index (χ0n) is 5.48. The smallest absolute Gasteiger partial charge is 0.336 e. The highest BCUT2D eigenvalue weighted by molar-refractivity contribution is 5.87. The van der Waals surface area contributed by atoms with Crippen LogP contribution in [0.25, 0.3) is 0 Å². The van der Waals surface area contributed by atoms with Crippen molar-refractivity contribution >= 4 is 5.97 Å². The van der Waals surface area contributed by atoms with Gasteiger partial charge in [-0.1, -0.05) is 0 Å². The summed E-state index contributed by atoms with van der Waals surface area (Å²) in [4.78, 5) is 10.4. The highest BCUT2D eigenvalue weighted by Gasteiger charge is 2.02. The Balaban J connectivity index is 3.74. The Hall–Kier alpha value is -0.860. The number of hydrogen-bond acceptors (Lipinski definition) is 2. The van der Waals surface area contributed by atoms with Gasteiger partial charge in [0.25, 0.3) is 0 Å². The SMILES string of the molecule is CCOC(=O)/C(C)=C/F. The van der Waals surface area contributed by atoms with Crippen LogP contribution in [0.3, 0.4) is 0 Å². The highest BCUT2D eigenvalue weighted by Crippen LogP contribution is 1.95. The predicted octanol–water partition coefficient (Wildman–Crippen LogP) is 1.42. The molecule has 0 aromatic carbocycles. The van der Waals surface area contributed by atoms with E-state index in [4.69, 9.17) is 0 Å². The van der Waals surface area contributed by atoms with Crippen molar-refractivity contribution in [3.05, 3.63) is 11.9 Å². The van der Waals surface area contributed by atoms with Gasteiger partial charge < -0.3 is 4.74 Å². The zero-order chi connectivity index (χ0) is 7.28. The van der Waals surface area contributed by atoms with Crippen LogP contribution >= 0.6 is 0 Å². The molecule has 52 valence electrons. The zero-order valence-corrected chi connectivity index (χ0v) is 5.48. The molecule has 3 heteroatoms. The quantitative estimate of drug-likeness (QED) is 0.419. The minimum Gasteiger partial charge on any atom is -0.463 e. The molecule has 0 aliphatic heterocycles. The molecule has 0 atom stereocenters. The molecule has 0 fully saturated rings. The fraction of sp³-hybridized carbons (Fsp3) is 0.500. The molecule has 0 aliphatic rings. The number of halogens is 1. The van der Waals surface area contributed by atoms with Gasteiger partial charge in [-0.05, 0) is 13.8 Å². The number of carbonyl (C=O) groups is 1. The molecular formula is C6H9FO2. The van der Waals surface area contributed by atoms with Gasteiger partial charge in [0.05, 0.1) is 18.5 Å². The van der Waals surface area contributed by atoms with Crippen LogP contribution in [0.15, 0.2) is 11.9 Å². The maximum absolute atomic E-state index is 11.5. The third-order valence-electron chi connectivity index (χ3n) is 0.761. The first-order chi connectivity index (χ1) is 4.22. The fourth-order valence-corrected chi connectivity index (χ4v) is 0.289. The van der Waals surface area contributed by atoms with E-state index in [1.165, 1.54) is 6.92 Å². The highest BCUT2D eigenvalue weighted by atomic mass is 19.1. The Morgan fingerprint density at radius 3 is 2.67 bits per heavy atom. The lowest BCUT2D eigenvalue weighted by molar-refractivity contribution is -0.138. The van der Waals surface area contributed by atoms with Crippen molar-refractivity contribution in [2.75, 3.05) is 6.61 Å². The summed E-state index contributed by atoms with van der Waals surface area (Å²) in [5, 5.41) is 0. The van der Waals surface area contributed by atoms with E-state index in [2.05, 4.69) is 4.74 Å². The van der Waals surface area contributed by atoms with Gasteiger partial charge in [-0.25, -0.2) is 9.18 Å². The van der Waals surface area contributed by atoms with Gasteiger partial charge in [-0.2, -0.15) is 0 Å². The standard InChI is InChI=1S/C6H9FO2/c1-3-9-6(8)5(2)4-7/h4H,3H2,1-2H3/b5-4+. The molecule has 0 saturated heterocycles. The number of carbonyl (C=O) groups excluding carboxylic acids is 1. The molecule has 0 unspecified atom stereocenters. The molecule has 0 aliphatic carbocycles. The Morgan fingerprint density at radius 2 is 2.33 bits per heavy atom. The molecule has 0 rings (SSSR count). The first kappa shape index (κ1) is 8.14. The van der Waals surface area contributed by atoms with E-state index in [-0.39, 0.29) is 18.5 Å². The van der Waals surface area contributed by atoms with Gasteiger partial charge in [0.2, 0.25) is 0 Å². The molecule has 0 amide bonds. The summed E-state index contributed by atoms with van der Waals surface area (Å²) in [5.74, 6) is -0.597. The lowest BCUT2D eigenvalue weighted by Gasteiger charge is -1.97. The van der Waals surface area contributed by atoms with Crippen LogP contribution in [-0.4, -0.2) is 12.6 Å². The number of esters is 1. The molecule has 0 aromatic heterocycles. The molecule has 0 heterocycles. The molecule has 0 aromatic rings. The van der Waals surface area contributed by atoms with Crippen molar-refractivity contribution in [1.29, 1.82) is 0 Å².